The topological polar surface area (TPSA) is 75.3 Å². The van der Waals surface area contributed by atoms with E-state index in [1.165, 1.54) is 0 Å². The van der Waals surface area contributed by atoms with Gasteiger partial charge in [-0.25, -0.2) is 8.42 Å². The van der Waals surface area contributed by atoms with Crippen molar-refractivity contribution in [3.63, 3.8) is 0 Å². The molecule has 1 amide bonds. The molecule has 1 saturated carbocycles. The van der Waals surface area contributed by atoms with Crippen LogP contribution in [-0.4, -0.2) is 45.5 Å². The van der Waals surface area contributed by atoms with Gasteiger partial charge in [-0.2, -0.15) is 0 Å². The molecule has 0 aromatic carbocycles. The molecule has 6 heteroatoms. The summed E-state index contributed by atoms with van der Waals surface area (Å²) in [5, 5.41) is 5.70. The van der Waals surface area contributed by atoms with Crippen LogP contribution >= 0.6 is 0 Å². The molecule has 1 saturated heterocycles. The van der Waals surface area contributed by atoms with E-state index < -0.39 is 9.84 Å². The van der Waals surface area contributed by atoms with Crippen LogP contribution in [0.2, 0.25) is 0 Å². The van der Waals surface area contributed by atoms with Crippen molar-refractivity contribution in [1.29, 1.82) is 0 Å². The first-order valence-electron chi connectivity index (χ1n) is 5.73. The molecule has 92 valence electrons. The summed E-state index contributed by atoms with van der Waals surface area (Å²) >= 11 is 0. The number of nitrogens with one attached hydrogen (secondary N) is 2. The van der Waals surface area contributed by atoms with Gasteiger partial charge in [0.2, 0.25) is 5.91 Å². The first-order chi connectivity index (χ1) is 7.55. The van der Waals surface area contributed by atoms with E-state index in [1.807, 2.05) is 0 Å². The second-order valence-corrected chi connectivity index (χ2v) is 6.94. The van der Waals surface area contributed by atoms with Gasteiger partial charge in [-0.1, -0.05) is 0 Å². The Balaban J connectivity index is 1.70. The Labute approximate surface area is 95.9 Å². The van der Waals surface area contributed by atoms with Crippen molar-refractivity contribution in [2.75, 3.05) is 31.1 Å². The van der Waals surface area contributed by atoms with Crippen LogP contribution < -0.4 is 10.6 Å². The average molecular weight is 246 g/mol. The molecule has 1 aliphatic carbocycles. The van der Waals surface area contributed by atoms with Crippen LogP contribution in [0.25, 0.3) is 0 Å². The van der Waals surface area contributed by atoms with Crippen LogP contribution in [-0.2, 0) is 14.6 Å². The molecule has 2 aliphatic rings. The fourth-order valence-electron chi connectivity index (χ4n) is 1.72. The maximum Gasteiger partial charge on any atom is 0.235 e. The van der Waals surface area contributed by atoms with Crippen LogP contribution in [0.4, 0.5) is 0 Å². The van der Waals surface area contributed by atoms with Crippen molar-refractivity contribution in [3.8, 4) is 0 Å². The van der Waals surface area contributed by atoms with E-state index in [0.717, 1.165) is 25.9 Å². The Morgan fingerprint density at radius 3 is 2.44 bits per heavy atom. The number of amides is 1. The van der Waals surface area contributed by atoms with Crippen molar-refractivity contribution in [1.82, 2.24) is 10.6 Å². The monoisotopic (exact) mass is 246 g/mol. The van der Waals surface area contributed by atoms with Gasteiger partial charge in [0, 0.05) is 19.6 Å². The molecule has 16 heavy (non-hydrogen) atoms. The molecule has 2 fully saturated rings. The lowest BCUT2D eigenvalue weighted by molar-refractivity contribution is -0.118. The summed E-state index contributed by atoms with van der Waals surface area (Å²) in [5.41, 5.74) is 0. The van der Waals surface area contributed by atoms with Gasteiger partial charge in [-0.15, -0.1) is 0 Å². The lowest BCUT2D eigenvalue weighted by atomic mass is 10.1. The molecule has 0 unspecified atom stereocenters. The average Bonchev–Trinajstić information content (AvgIpc) is 2.91. The second-order valence-electron chi connectivity index (χ2n) is 4.83. The highest BCUT2D eigenvalue weighted by Crippen LogP contribution is 2.27. The first-order valence-corrected chi connectivity index (χ1v) is 7.55. The highest BCUT2D eigenvalue weighted by atomic mass is 32.2. The van der Waals surface area contributed by atoms with E-state index in [-0.39, 0.29) is 23.3 Å². The van der Waals surface area contributed by atoms with Gasteiger partial charge in [0.25, 0.3) is 0 Å². The molecule has 5 nitrogen and oxygen atoms in total. The van der Waals surface area contributed by atoms with Crippen LogP contribution in [0.1, 0.15) is 12.8 Å². The van der Waals surface area contributed by atoms with Crippen molar-refractivity contribution in [2.24, 2.45) is 11.8 Å². The molecule has 0 radical (unpaired) electrons. The summed E-state index contributed by atoms with van der Waals surface area (Å²) in [7, 11) is -3.22. The summed E-state index contributed by atoms with van der Waals surface area (Å²) in [6, 6.07) is 0. The third-order valence-corrected chi connectivity index (χ3v) is 4.67. The maximum atomic E-state index is 11.6. The minimum Gasteiger partial charge on any atom is -0.355 e. The van der Waals surface area contributed by atoms with Crippen LogP contribution in [0.5, 0.6) is 0 Å². The number of rotatable bonds is 6. The number of hydrogen-bond acceptors (Lipinski definition) is 4. The normalized spacial score (nSPS) is 21.5. The highest BCUT2D eigenvalue weighted by molar-refractivity contribution is 7.92. The fraction of sp³-hybridized carbons (Fsp3) is 0.900. The quantitative estimate of drug-likeness (QED) is 0.640. The van der Waals surface area contributed by atoms with Gasteiger partial charge < -0.3 is 10.6 Å². The number of hydrogen-bond donors (Lipinski definition) is 2. The lowest BCUT2D eigenvalue weighted by Crippen LogP contribution is -2.46. The van der Waals surface area contributed by atoms with Crippen LogP contribution in [0, 0.1) is 11.8 Å². The molecular weight excluding hydrogens is 228 g/mol. The van der Waals surface area contributed by atoms with Gasteiger partial charge in [0.1, 0.15) is 5.75 Å². The zero-order valence-electron chi connectivity index (χ0n) is 9.24. The molecule has 0 aromatic rings. The first kappa shape index (κ1) is 11.9. The fourth-order valence-corrected chi connectivity index (χ4v) is 3.29. The molecule has 1 aliphatic heterocycles. The summed E-state index contributed by atoms with van der Waals surface area (Å²) in [5.74, 6) is 0.218. The summed E-state index contributed by atoms with van der Waals surface area (Å²) in [6.07, 6.45) is 2.31. The Morgan fingerprint density at radius 1 is 1.25 bits per heavy atom. The Hall–Kier alpha value is -0.620. The zero-order chi connectivity index (χ0) is 11.6. The molecule has 0 bridgehead atoms. The van der Waals surface area contributed by atoms with Crippen molar-refractivity contribution in [2.45, 2.75) is 12.8 Å². The van der Waals surface area contributed by atoms with Gasteiger partial charge in [0.15, 0.2) is 9.84 Å². The standard InChI is InChI=1S/C10H18N2O3S/c13-10(12-5-8-1-2-8)7-16(14,15)6-9-3-11-4-9/h8-9,11H,1-7H2,(H,12,13). The predicted molar refractivity (Wildman–Crippen MR) is 60.7 cm³/mol. The van der Waals surface area contributed by atoms with E-state index in [0.29, 0.717) is 12.5 Å². The van der Waals surface area contributed by atoms with E-state index in [2.05, 4.69) is 10.6 Å². The van der Waals surface area contributed by atoms with Crippen LogP contribution in [0.3, 0.4) is 0 Å². The SMILES string of the molecule is O=C(CS(=O)(=O)CC1CNC1)NCC1CC1. The van der Waals surface area contributed by atoms with Gasteiger partial charge in [0.05, 0.1) is 5.75 Å². The van der Waals surface area contributed by atoms with E-state index in [9.17, 15) is 13.2 Å². The Bertz CT molecular complexity index is 358. The van der Waals surface area contributed by atoms with Gasteiger partial charge in [-0.05, 0) is 24.7 Å². The van der Waals surface area contributed by atoms with Crippen molar-refractivity contribution in [3.05, 3.63) is 0 Å². The third-order valence-electron chi connectivity index (χ3n) is 2.99. The molecule has 1 heterocycles. The molecule has 0 spiro atoms. The highest BCUT2D eigenvalue weighted by Gasteiger charge is 2.27. The van der Waals surface area contributed by atoms with E-state index in [1.54, 1.807) is 0 Å². The third kappa shape index (κ3) is 3.75. The molecular formula is C10H18N2O3S. The second kappa shape index (κ2) is 4.71. The lowest BCUT2D eigenvalue weighted by Gasteiger charge is -2.26. The Morgan fingerprint density at radius 2 is 1.94 bits per heavy atom. The summed E-state index contributed by atoms with van der Waals surface area (Å²) in [6.45, 7) is 2.14. The minimum absolute atomic E-state index is 0.136. The van der Waals surface area contributed by atoms with Crippen molar-refractivity contribution >= 4 is 15.7 Å². The minimum atomic E-state index is -3.22. The van der Waals surface area contributed by atoms with E-state index in [4.69, 9.17) is 0 Å². The number of carbonyl (C=O) groups is 1. The molecule has 0 aromatic heterocycles. The largest absolute Gasteiger partial charge is 0.355 e. The molecule has 2 rings (SSSR count). The van der Waals surface area contributed by atoms with E-state index >= 15 is 0 Å². The maximum absolute atomic E-state index is 11.6. The predicted octanol–water partition coefficient (Wildman–Crippen LogP) is -0.853. The number of carbonyl (C=O) groups excluding carboxylic acids is 1. The van der Waals surface area contributed by atoms with Crippen LogP contribution in [0.15, 0.2) is 0 Å². The summed E-state index contributed by atoms with van der Waals surface area (Å²) < 4.78 is 23.2. The van der Waals surface area contributed by atoms with Gasteiger partial charge in [-0.3, -0.25) is 4.79 Å². The van der Waals surface area contributed by atoms with Crippen molar-refractivity contribution < 1.29 is 13.2 Å². The smallest absolute Gasteiger partial charge is 0.235 e. The zero-order valence-corrected chi connectivity index (χ0v) is 10.1. The van der Waals surface area contributed by atoms with Gasteiger partial charge >= 0.3 is 0 Å². The molecule has 2 N–H and O–H groups in total. The molecule has 0 atom stereocenters. The Kier molecular flexibility index (Phi) is 3.49. The summed E-state index contributed by atoms with van der Waals surface area (Å²) in [4.78, 5) is 11.4. The number of sulfone groups is 1.